The minimum Gasteiger partial charge on any atom is -0.205 e. The Labute approximate surface area is 307 Å². The summed E-state index contributed by atoms with van der Waals surface area (Å²) in [4.78, 5) is 0. The van der Waals surface area contributed by atoms with Crippen LogP contribution in [0.2, 0.25) is 0 Å². The fourth-order valence-electron chi connectivity index (χ4n) is 6.66. The van der Waals surface area contributed by atoms with Crippen molar-refractivity contribution in [3.8, 4) is 0 Å². The molecule has 3 nitrogen and oxygen atoms in total. The van der Waals surface area contributed by atoms with Gasteiger partial charge in [-0.05, 0) is 36.8 Å². The largest absolute Gasteiger partial charge is 0.704 e. The SMILES string of the molecule is CCCCCCCCCCCCCCCc1ccc(C(F)O[P+](=O)OC(F)c2ccc(CCCCCCCCCCCCCCC)cc2)cc1. The number of aryl methyl sites for hydroxylation is 2. The third-order valence-electron chi connectivity index (χ3n) is 9.98. The molecule has 0 aliphatic heterocycles. The van der Waals surface area contributed by atoms with Crippen LogP contribution in [0.25, 0.3) is 0 Å². The average molecular weight is 718 g/mol. The molecule has 0 bridgehead atoms. The van der Waals surface area contributed by atoms with Crippen molar-refractivity contribution in [2.75, 3.05) is 0 Å². The molecule has 0 amide bonds. The highest BCUT2D eigenvalue weighted by molar-refractivity contribution is 7.33. The molecule has 0 spiro atoms. The predicted molar refractivity (Wildman–Crippen MR) is 209 cm³/mol. The molecule has 2 aromatic rings. The van der Waals surface area contributed by atoms with Crippen molar-refractivity contribution in [3.63, 3.8) is 0 Å². The highest BCUT2D eigenvalue weighted by Crippen LogP contribution is 2.39. The normalized spacial score (nSPS) is 13.1. The van der Waals surface area contributed by atoms with Gasteiger partial charge in [0.1, 0.15) is 0 Å². The Balaban J connectivity index is 1.51. The summed E-state index contributed by atoms with van der Waals surface area (Å²) in [5, 5.41) is 0. The molecule has 0 saturated heterocycles. The highest BCUT2D eigenvalue weighted by atomic mass is 31.1. The number of rotatable bonds is 34. The van der Waals surface area contributed by atoms with Crippen molar-refractivity contribution >= 4 is 8.25 Å². The fourth-order valence-corrected chi connectivity index (χ4v) is 7.26. The molecule has 0 heterocycles. The molecule has 0 aliphatic carbocycles. The Bertz CT molecular complexity index is 978. The van der Waals surface area contributed by atoms with Gasteiger partial charge in [-0.3, -0.25) is 0 Å². The number of halogens is 2. The van der Waals surface area contributed by atoms with E-state index < -0.39 is 21.0 Å². The van der Waals surface area contributed by atoms with Crippen molar-refractivity contribution in [1.82, 2.24) is 0 Å². The number of benzene rings is 2. The van der Waals surface area contributed by atoms with Crippen molar-refractivity contribution in [2.24, 2.45) is 0 Å². The molecule has 2 unspecified atom stereocenters. The molecular weight excluding hydrogens is 645 g/mol. The zero-order valence-corrected chi connectivity index (χ0v) is 32.9. The van der Waals surface area contributed by atoms with E-state index in [0.29, 0.717) is 0 Å². The Morgan fingerprint density at radius 3 is 0.920 bits per heavy atom. The topological polar surface area (TPSA) is 35.5 Å². The number of hydrogen-bond acceptors (Lipinski definition) is 3. The first-order valence-electron chi connectivity index (χ1n) is 20.8. The second-order valence-corrected chi connectivity index (χ2v) is 15.4. The number of alkyl halides is 2. The van der Waals surface area contributed by atoms with Crippen LogP contribution in [0.4, 0.5) is 8.78 Å². The highest BCUT2D eigenvalue weighted by Gasteiger charge is 2.33. The van der Waals surface area contributed by atoms with Gasteiger partial charge in [0.25, 0.3) is 12.7 Å². The van der Waals surface area contributed by atoms with E-state index in [9.17, 15) is 13.3 Å². The summed E-state index contributed by atoms with van der Waals surface area (Å²) in [5.74, 6) is 0. The summed E-state index contributed by atoms with van der Waals surface area (Å²) in [5.41, 5.74) is 2.79. The smallest absolute Gasteiger partial charge is 0.205 e. The summed E-state index contributed by atoms with van der Waals surface area (Å²) < 4.78 is 51.4. The van der Waals surface area contributed by atoms with Gasteiger partial charge in [0.05, 0.1) is 0 Å². The predicted octanol–water partition coefficient (Wildman–Crippen LogP) is 16.3. The van der Waals surface area contributed by atoms with Gasteiger partial charge in [0.2, 0.25) is 0 Å². The minimum atomic E-state index is -2.97. The first-order chi connectivity index (χ1) is 24.5. The molecule has 0 saturated carbocycles. The first-order valence-corrected chi connectivity index (χ1v) is 21.9. The quantitative estimate of drug-likeness (QED) is 0.0534. The molecule has 2 atom stereocenters. The Hall–Kier alpha value is -1.68. The summed E-state index contributed by atoms with van der Waals surface area (Å²) >= 11 is 0. The third kappa shape index (κ3) is 23.0. The second kappa shape index (κ2) is 30.9. The lowest BCUT2D eigenvalue weighted by Crippen LogP contribution is -1.98. The fraction of sp³-hybridized carbons (Fsp3) is 0.727. The van der Waals surface area contributed by atoms with Crippen LogP contribution in [-0.2, 0) is 26.5 Å². The van der Waals surface area contributed by atoms with Crippen LogP contribution in [-0.4, -0.2) is 0 Å². The molecule has 50 heavy (non-hydrogen) atoms. The van der Waals surface area contributed by atoms with E-state index >= 15 is 0 Å². The summed E-state index contributed by atoms with van der Waals surface area (Å²) in [6.07, 6.45) is 32.5. The van der Waals surface area contributed by atoms with Gasteiger partial charge in [-0.25, -0.2) is 8.78 Å². The van der Waals surface area contributed by atoms with Crippen LogP contribution in [0.5, 0.6) is 0 Å². The van der Waals surface area contributed by atoms with Crippen LogP contribution in [0.3, 0.4) is 0 Å². The molecular formula is C44H72F2O3P+. The molecule has 6 heteroatoms. The monoisotopic (exact) mass is 718 g/mol. The van der Waals surface area contributed by atoms with E-state index in [1.165, 1.54) is 154 Å². The molecule has 0 aromatic heterocycles. The van der Waals surface area contributed by atoms with Crippen LogP contribution >= 0.6 is 8.25 Å². The molecule has 284 valence electrons. The first kappa shape index (κ1) is 44.5. The van der Waals surface area contributed by atoms with Gasteiger partial charge in [-0.1, -0.05) is 226 Å². The maximum atomic E-state index is 14.7. The lowest BCUT2D eigenvalue weighted by Gasteiger charge is -2.07. The van der Waals surface area contributed by atoms with Crippen molar-refractivity contribution in [1.29, 1.82) is 0 Å². The Morgan fingerprint density at radius 1 is 0.420 bits per heavy atom. The minimum absolute atomic E-state index is 0.249. The second-order valence-electron chi connectivity index (χ2n) is 14.5. The molecule has 0 aliphatic rings. The van der Waals surface area contributed by atoms with Gasteiger partial charge >= 0.3 is 8.25 Å². The van der Waals surface area contributed by atoms with E-state index in [1.54, 1.807) is 24.3 Å². The van der Waals surface area contributed by atoms with Crippen LogP contribution in [0.1, 0.15) is 216 Å². The summed E-state index contributed by atoms with van der Waals surface area (Å²) in [6, 6.07) is 14.1. The number of unbranched alkanes of at least 4 members (excludes halogenated alkanes) is 24. The van der Waals surface area contributed by atoms with E-state index in [-0.39, 0.29) is 11.1 Å². The van der Waals surface area contributed by atoms with Crippen molar-refractivity contribution in [3.05, 3.63) is 70.8 Å². The Kier molecular flexibility index (Phi) is 27.5. The maximum Gasteiger partial charge on any atom is 0.704 e. The van der Waals surface area contributed by atoms with Crippen LogP contribution in [0.15, 0.2) is 48.5 Å². The van der Waals surface area contributed by atoms with E-state index in [0.717, 1.165) is 36.8 Å². The summed E-state index contributed by atoms with van der Waals surface area (Å²) in [7, 11) is -2.97. The lowest BCUT2D eigenvalue weighted by atomic mass is 10.0. The lowest BCUT2D eigenvalue weighted by molar-refractivity contribution is 0.0127. The van der Waals surface area contributed by atoms with Crippen molar-refractivity contribution in [2.45, 2.75) is 206 Å². The van der Waals surface area contributed by atoms with E-state index in [4.69, 9.17) is 9.05 Å². The van der Waals surface area contributed by atoms with Gasteiger partial charge < -0.3 is 0 Å². The molecule has 0 radical (unpaired) electrons. The van der Waals surface area contributed by atoms with Gasteiger partial charge in [0.15, 0.2) is 0 Å². The maximum absolute atomic E-state index is 14.7. The molecule has 2 aromatic carbocycles. The van der Waals surface area contributed by atoms with Gasteiger partial charge in [0, 0.05) is 15.7 Å². The zero-order chi connectivity index (χ0) is 35.9. The third-order valence-corrected chi connectivity index (χ3v) is 10.7. The standard InChI is InChI=1S/C44H72F2O3P/c1-3-5-7-9-11-13-15-17-19-21-23-25-27-29-39-31-35-41(36-32-39)43(45)48-50(47)49-44(46)42-37-33-40(34-38-42)30-28-26-24-22-20-18-16-14-12-10-8-6-4-2/h31-38,43-44H,3-30H2,1-2H3/q+1. The average Bonchev–Trinajstić information content (AvgIpc) is 3.12. The van der Waals surface area contributed by atoms with Crippen molar-refractivity contribution < 1.29 is 22.4 Å². The molecule has 0 N–H and O–H groups in total. The van der Waals surface area contributed by atoms with Crippen LogP contribution < -0.4 is 0 Å². The Morgan fingerprint density at radius 2 is 0.660 bits per heavy atom. The van der Waals surface area contributed by atoms with Crippen LogP contribution in [0, 0.1) is 0 Å². The van der Waals surface area contributed by atoms with E-state index in [1.807, 2.05) is 24.3 Å². The van der Waals surface area contributed by atoms with Gasteiger partial charge in [-0.15, -0.1) is 0 Å². The van der Waals surface area contributed by atoms with E-state index in [2.05, 4.69) is 13.8 Å². The number of hydrogen-bond donors (Lipinski definition) is 0. The molecule has 2 rings (SSSR count). The van der Waals surface area contributed by atoms with Gasteiger partial charge in [-0.2, -0.15) is 0 Å². The zero-order valence-electron chi connectivity index (χ0n) is 32.0. The summed E-state index contributed by atoms with van der Waals surface area (Å²) in [6.45, 7) is 4.53. The molecule has 0 fully saturated rings.